The molecule has 1 heterocycles. The van der Waals surface area contributed by atoms with Crippen LogP contribution in [0.5, 0.6) is 0 Å². The van der Waals surface area contributed by atoms with E-state index in [1.165, 1.54) is 0 Å². The summed E-state index contributed by atoms with van der Waals surface area (Å²) in [7, 11) is 0. The van der Waals surface area contributed by atoms with Crippen molar-refractivity contribution < 1.29 is 13.2 Å². The van der Waals surface area contributed by atoms with E-state index in [1.807, 2.05) is 0 Å². The number of halogens is 3. The van der Waals surface area contributed by atoms with E-state index in [0.717, 1.165) is 0 Å². The van der Waals surface area contributed by atoms with Crippen LogP contribution in [-0.4, -0.2) is 4.98 Å². The minimum atomic E-state index is -1.26. The van der Waals surface area contributed by atoms with Crippen molar-refractivity contribution >= 4 is 0 Å². The average molecular weight is 189 g/mol. The van der Waals surface area contributed by atoms with Crippen LogP contribution in [0.2, 0.25) is 0 Å². The quantitative estimate of drug-likeness (QED) is 0.572. The summed E-state index contributed by atoms with van der Waals surface area (Å²) in [4.78, 5) is 3.23. The minimum absolute atomic E-state index is 0.0635. The summed E-state index contributed by atoms with van der Waals surface area (Å²) in [5, 5.41) is 0. The molecule has 0 unspecified atom stereocenters. The van der Waals surface area contributed by atoms with Crippen molar-refractivity contribution in [3.05, 3.63) is 29.3 Å². The van der Waals surface area contributed by atoms with Crippen LogP contribution in [0, 0.1) is 17.6 Å². The van der Waals surface area contributed by atoms with Crippen molar-refractivity contribution in [3.8, 4) is 0 Å². The fourth-order valence-electron chi connectivity index (χ4n) is 0.970. The molecular weight excluding hydrogens is 179 g/mol. The normalized spacial score (nSPS) is 11.8. The van der Waals surface area contributed by atoms with Crippen LogP contribution in [0.1, 0.15) is 26.5 Å². The number of nitrogens with zero attached hydrogens (tertiary/aromatic N) is 1. The van der Waals surface area contributed by atoms with Crippen LogP contribution in [0.3, 0.4) is 0 Å². The van der Waals surface area contributed by atoms with Crippen molar-refractivity contribution in [2.24, 2.45) is 0 Å². The topological polar surface area (TPSA) is 12.9 Å². The van der Waals surface area contributed by atoms with Gasteiger partial charge in [-0.3, -0.25) is 0 Å². The molecule has 0 aromatic carbocycles. The Morgan fingerprint density at radius 1 is 1.08 bits per heavy atom. The molecule has 0 saturated heterocycles. The maximum Gasteiger partial charge on any atom is 0.249 e. The van der Waals surface area contributed by atoms with Crippen molar-refractivity contribution in [1.29, 1.82) is 0 Å². The number of rotatable bonds is 0. The predicted octanol–water partition coefficient (Wildman–Crippen LogP) is 2.80. The van der Waals surface area contributed by atoms with Gasteiger partial charge in [-0.15, -0.1) is 0 Å². The highest BCUT2D eigenvalue weighted by molar-refractivity contribution is 5.17. The molecule has 4 heteroatoms. The van der Waals surface area contributed by atoms with E-state index in [2.05, 4.69) is 4.98 Å². The lowest BCUT2D eigenvalue weighted by Crippen LogP contribution is -2.17. The molecule has 13 heavy (non-hydrogen) atoms. The Morgan fingerprint density at radius 2 is 1.62 bits per heavy atom. The second kappa shape index (κ2) is 3.01. The molecule has 0 atom stereocenters. The monoisotopic (exact) mass is 189 g/mol. The average Bonchev–Trinajstić information content (AvgIpc) is 1.94. The first kappa shape index (κ1) is 10.0. The van der Waals surface area contributed by atoms with Gasteiger partial charge in [0.2, 0.25) is 5.95 Å². The smallest absolute Gasteiger partial charge is 0.219 e. The largest absolute Gasteiger partial charge is 0.249 e. The van der Waals surface area contributed by atoms with Gasteiger partial charge >= 0.3 is 0 Å². The minimum Gasteiger partial charge on any atom is -0.219 e. The van der Waals surface area contributed by atoms with Gasteiger partial charge in [-0.2, -0.15) is 4.39 Å². The van der Waals surface area contributed by atoms with Gasteiger partial charge < -0.3 is 0 Å². The number of aromatic nitrogens is 1. The molecule has 0 aliphatic heterocycles. The fourth-order valence-corrected chi connectivity index (χ4v) is 0.970. The third-order valence-corrected chi connectivity index (χ3v) is 1.60. The van der Waals surface area contributed by atoms with Crippen LogP contribution in [0.4, 0.5) is 13.2 Å². The van der Waals surface area contributed by atoms with Crippen LogP contribution in [-0.2, 0) is 5.41 Å². The predicted molar refractivity (Wildman–Crippen MR) is 42.8 cm³/mol. The molecule has 0 radical (unpaired) electrons. The van der Waals surface area contributed by atoms with E-state index >= 15 is 0 Å². The van der Waals surface area contributed by atoms with Gasteiger partial charge in [-0.1, -0.05) is 20.8 Å². The molecule has 0 N–H and O–H groups in total. The zero-order valence-corrected chi connectivity index (χ0v) is 7.66. The summed E-state index contributed by atoms with van der Waals surface area (Å²) in [6.45, 7) is 5.03. The van der Waals surface area contributed by atoms with Crippen LogP contribution < -0.4 is 0 Å². The first-order valence-corrected chi connectivity index (χ1v) is 3.84. The van der Waals surface area contributed by atoms with E-state index in [4.69, 9.17) is 0 Å². The lowest BCUT2D eigenvalue weighted by molar-refractivity contribution is 0.428. The third-order valence-electron chi connectivity index (χ3n) is 1.60. The van der Waals surface area contributed by atoms with E-state index in [-0.39, 0.29) is 5.69 Å². The van der Waals surface area contributed by atoms with E-state index < -0.39 is 23.0 Å². The number of hydrogen-bond acceptors (Lipinski definition) is 1. The highest BCUT2D eigenvalue weighted by Gasteiger charge is 2.22. The summed E-state index contributed by atoms with van der Waals surface area (Å²) in [5.74, 6) is -3.33. The summed E-state index contributed by atoms with van der Waals surface area (Å²) in [6, 6.07) is 0.517. The van der Waals surface area contributed by atoms with Crippen molar-refractivity contribution in [2.75, 3.05) is 0 Å². The molecule has 0 aliphatic rings. The molecule has 0 spiro atoms. The van der Waals surface area contributed by atoms with Crippen molar-refractivity contribution in [1.82, 2.24) is 4.98 Å². The Hall–Kier alpha value is -1.06. The van der Waals surface area contributed by atoms with Gasteiger partial charge in [-0.25, -0.2) is 13.8 Å². The van der Waals surface area contributed by atoms with Crippen LogP contribution in [0.15, 0.2) is 6.07 Å². The summed E-state index contributed by atoms with van der Waals surface area (Å²) in [5.41, 5.74) is -0.690. The zero-order chi connectivity index (χ0) is 10.2. The molecule has 0 amide bonds. The maximum atomic E-state index is 13.1. The van der Waals surface area contributed by atoms with E-state index in [9.17, 15) is 13.2 Å². The highest BCUT2D eigenvalue weighted by atomic mass is 19.2. The van der Waals surface area contributed by atoms with E-state index in [1.54, 1.807) is 20.8 Å². The molecule has 72 valence electrons. The van der Waals surface area contributed by atoms with Crippen LogP contribution >= 0.6 is 0 Å². The Kier molecular flexibility index (Phi) is 2.32. The fraction of sp³-hybridized carbons (Fsp3) is 0.444. The van der Waals surface area contributed by atoms with Crippen molar-refractivity contribution in [3.63, 3.8) is 0 Å². The maximum absolute atomic E-state index is 13.1. The Balaban J connectivity index is 3.32. The summed E-state index contributed by atoms with van der Waals surface area (Å²) < 4.78 is 38.2. The van der Waals surface area contributed by atoms with E-state index in [0.29, 0.717) is 6.07 Å². The van der Waals surface area contributed by atoms with Gasteiger partial charge in [0.1, 0.15) is 5.82 Å². The molecule has 0 bridgehead atoms. The zero-order valence-electron chi connectivity index (χ0n) is 7.66. The van der Waals surface area contributed by atoms with Gasteiger partial charge in [0.15, 0.2) is 5.82 Å². The van der Waals surface area contributed by atoms with Gasteiger partial charge in [0, 0.05) is 11.5 Å². The molecule has 1 aromatic rings. The van der Waals surface area contributed by atoms with Gasteiger partial charge in [0.05, 0.1) is 5.69 Å². The van der Waals surface area contributed by atoms with Gasteiger partial charge in [0.25, 0.3) is 0 Å². The first-order valence-electron chi connectivity index (χ1n) is 3.84. The molecular formula is C9H10F3N. The second-order valence-electron chi connectivity index (χ2n) is 3.84. The standard InChI is InChI=1S/C9H10F3N/c1-9(2,3)7-5(10)4-6(11)8(12)13-7/h4H,1-3H3. The lowest BCUT2D eigenvalue weighted by Gasteiger charge is -2.17. The first-order chi connectivity index (χ1) is 5.82. The molecule has 0 saturated carbocycles. The molecule has 1 aromatic heterocycles. The SMILES string of the molecule is CC(C)(C)c1nc(F)c(F)cc1F. The third kappa shape index (κ3) is 1.99. The summed E-state index contributed by atoms with van der Waals surface area (Å²) in [6.07, 6.45) is 0. The number of pyridine rings is 1. The molecule has 1 rings (SSSR count). The molecule has 1 nitrogen and oxygen atoms in total. The lowest BCUT2D eigenvalue weighted by atomic mass is 9.91. The highest BCUT2D eigenvalue weighted by Crippen LogP contribution is 2.23. The number of hydrogen-bond donors (Lipinski definition) is 0. The van der Waals surface area contributed by atoms with Gasteiger partial charge in [-0.05, 0) is 0 Å². The Labute approximate surface area is 74.6 Å². The molecule has 0 fully saturated rings. The Bertz CT molecular complexity index is 328. The van der Waals surface area contributed by atoms with Crippen molar-refractivity contribution in [2.45, 2.75) is 26.2 Å². The molecule has 0 aliphatic carbocycles. The summed E-state index contributed by atoms with van der Waals surface area (Å²) >= 11 is 0. The second-order valence-corrected chi connectivity index (χ2v) is 3.84. The van der Waals surface area contributed by atoms with Crippen LogP contribution in [0.25, 0.3) is 0 Å². The Morgan fingerprint density at radius 3 is 2.08 bits per heavy atom.